The lowest BCUT2D eigenvalue weighted by atomic mass is 9.96. The molecule has 0 atom stereocenters. The second-order valence-electron chi connectivity index (χ2n) is 8.46. The molecule has 0 aliphatic carbocycles. The first kappa shape index (κ1) is 24.5. The van der Waals surface area contributed by atoms with Gasteiger partial charge in [0.1, 0.15) is 0 Å². The molecule has 0 amide bonds. The van der Waals surface area contributed by atoms with E-state index >= 15 is 0 Å². The summed E-state index contributed by atoms with van der Waals surface area (Å²) in [6.45, 7) is 0. The van der Waals surface area contributed by atoms with E-state index in [-0.39, 0.29) is 0 Å². The zero-order valence-electron chi connectivity index (χ0n) is 20.8. The molecular weight excluding hydrogens is 464 g/mol. The maximum Gasteiger partial charge on any atom is 0.0629 e. The van der Waals surface area contributed by atoms with Gasteiger partial charge in [0, 0.05) is 24.8 Å². The largest absolute Gasteiger partial charge is 0.257 e. The predicted octanol–water partition coefficient (Wildman–Crippen LogP) is 7.95. The van der Waals surface area contributed by atoms with E-state index in [0.717, 1.165) is 45.0 Å². The van der Waals surface area contributed by atoms with Crippen LogP contribution in [0.4, 0.5) is 0 Å². The van der Waals surface area contributed by atoms with Crippen LogP contribution in [0, 0.1) is 0 Å². The van der Waals surface area contributed by atoms with Crippen molar-refractivity contribution < 1.29 is 0 Å². The van der Waals surface area contributed by atoms with Gasteiger partial charge in [0.15, 0.2) is 0 Å². The Morgan fingerprint density at radius 2 is 0.579 bits per heavy atom. The van der Waals surface area contributed by atoms with E-state index in [1.54, 1.807) is 24.8 Å². The van der Waals surface area contributed by atoms with E-state index < -0.39 is 0 Å². The summed E-state index contributed by atoms with van der Waals surface area (Å²) >= 11 is 0. The van der Waals surface area contributed by atoms with E-state index in [2.05, 4.69) is 56.4 Å². The molecule has 4 heterocycles. The van der Waals surface area contributed by atoms with Gasteiger partial charge in [-0.25, -0.2) is 0 Å². The Bertz CT molecular complexity index is 1330. The highest BCUT2D eigenvalue weighted by molar-refractivity contribution is 5.86. The van der Waals surface area contributed by atoms with Gasteiger partial charge >= 0.3 is 0 Å². The van der Waals surface area contributed by atoms with E-state index in [0.29, 0.717) is 0 Å². The Morgan fingerprint density at radius 3 is 0.789 bits per heavy atom. The Morgan fingerprint density at radius 1 is 0.316 bits per heavy atom. The van der Waals surface area contributed by atoms with Gasteiger partial charge in [0.25, 0.3) is 0 Å². The molecule has 4 heteroatoms. The van der Waals surface area contributed by atoms with E-state index in [1.165, 1.54) is 0 Å². The van der Waals surface area contributed by atoms with Crippen molar-refractivity contribution in [1.29, 1.82) is 0 Å². The van der Waals surface area contributed by atoms with Crippen LogP contribution in [0.2, 0.25) is 0 Å². The van der Waals surface area contributed by atoms with Crippen LogP contribution < -0.4 is 0 Å². The molecule has 5 aromatic rings. The standard InChI is InChI=1S/C34H26N4/c1-5-21-35-31(9-1)17-13-27-25-29(15-19-33-11-3-7-23-37-33)30(16-20-34-12-4-8-24-38-34)26-28(27)14-18-32-10-2-6-22-36-32/h1-26H. The molecule has 0 saturated carbocycles. The summed E-state index contributed by atoms with van der Waals surface area (Å²) in [6.07, 6.45) is 23.7. The first-order valence-electron chi connectivity index (χ1n) is 12.4. The minimum Gasteiger partial charge on any atom is -0.257 e. The van der Waals surface area contributed by atoms with Crippen LogP contribution in [0.3, 0.4) is 0 Å². The van der Waals surface area contributed by atoms with Gasteiger partial charge < -0.3 is 0 Å². The number of benzene rings is 1. The Labute approximate surface area is 223 Å². The van der Waals surface area contributed by atoms with Gasteiger partial charge in [0.05, 0.1) is 22.8 Å². The smallest absolute Gasteiger partial charge is 0.0629 e. The lowest BCUT2D eigenvalue weighted by Crippen LogP contribution is -1.90. The molecule has 182 valence electrons. The molecule has 38 heavy (non-hydrogen) atoms. The second-order valence-corrected chi connectivity index (χ2v) is 8.46. The van der Waals surface area contributed by atoms with Crippen LogP contribution >= 0.6 is 0 Å². The molecule has 0 radical (unpaired) electrons. The molecule has 0 aliphatic rings. The number of nitrogens with zero attached hydrogens (tertiary/aromatic N) is 4. The summed E-state index contributed by atoms with van der Waals surface area (Å²) in [5.74, 6) is 0. The van der Waals surface area contributed by atoms with Crippen molar-refractivity contribution in [2.75, 3.05) is 0 Å². The molecule has 0 aliphatic heterocycles. The minimum atomic E-state index is 0.900. The van der Waals surface area contributed by atoms with Gasteiger partial charge in [-0.3, -0.25) is 19.9 Å². The molecule has 4 nitrogen and oxygen atoms in total. The van der Waals surface area contributed by atoms with Gasteiger partial charge in [-0.1, -0.05) is 48.6 Å². The summed E-state index contributed by atoms with van der Waals surface area (Å²) in [7, 11) is 0. The van der Waals surface area contributed by atoms with Crippen molar-refractivity contribution >= 4 is 48.6 Å². The number of hydrogen-bond donors (Lipinski definition) is 0. The van der Waals surface area contributed by atoms with Crippen molar-refractivity contribution in [2.45, 2.75) is 0 Å². The lowest BCUT2D eigenvalue weighted by Gasteiger charge is -2.09. The van der Waals surface area contributed by atoms with Gasteiger partial charge in [0.2, 0.25) is 0 Å². The zero-order valence-corrected chi connectivity index (χ0v) is 20.8. The molecule has 5 rings (SSSR count). The molecule has 0 unspecified atom stereocenters. The van der Waals surface area contributed by atoms with Crippen molar-refractivity contribution in [3.8, 4) is 0 Å². The SMILES string of the molecule is C(=Cc1cc(C=Cc2ccccn2)c(C=Cc2ccccn2)cc1C=Cc1ccccn1)c1ccccn1. The molecule has 0 spiro atoms. The van der Waals surface area contributed by atoms with E-state index in [1.807, 2.05) is 97.1 Å². The van der Waals surface area contributed by atoms with Crippen LogP contribution in [-0.2, 0) is 0 Å². The highest BCUT2D eigenvalue weighted by Crippen LogP contribution is 2.25. The summed E-state index contributed by atoms with van der Waals surface area (Å²) in [4.78, 5) is 17.8. The number of pyridine rings is 4. The Hall–Kier alpha value is -5.22. The predicted molar refractivity (Wildman–Crippen MR) is 159 cm³/mol. The molecule has 4 aromatic heterocycles. The average molecular weight is 491 g/mol. The Balaban J connectivity index is 1.60. The first-order valence-corrected chi connectivity index (χ1v) is 12.4. The first-order chi connectivity index (χ1) is 18.8. The topological polar surface area (TPSA) is 51.6 Å². The van der Waals surface area contributed by atoms with Crippen LogP contribution in [0.1, 0.15) is 45.0 Å². The summed E-state index contributed by atoms with van der Waals surface area (Å²) in [5.41, 5.74) is 7.87. The highest BCUT2D eigenvalue weighted by atomic mass is 14.7. The third kappa shape index (κ3) is 6.93. The molecular formula is C34H26N4. The van der Waals surface area contributed by atoms with Crippen molar-refractivity contribution in [2.24, 2.45) is 0 Å². The Kier molecular flexibility index (Phi) is 8.15. The second kappa shape index (κ2) is 12.7. The summed E-state index contributed by atoms with van der Waals surface area (Å²) in [6, 6.07) is 28.0. The molecule has 0 saturated heterocycles. The normalized spacial score (nSPS) is 11.8. The lowest BCUT2D eigenvalue weighted by molar-refractivity contribution is 1.30. The van der Waals surface area contributed by atoms with E-state index in [9.17, 15) is 0 Å². The van der Waals surface area contributed by atoms with Crippen LogP contribution in [-0.4, -0.2) is 19.9 Å². The van der Waals surface area contributed by atoms with Crippen LogP contribution in [0.5, 0.6) is 0 Å². The van der Waals surface area contributed by atoms with Gasteiger partial charge in [-0.15, -0.1) is 0 Å². The number of aromatic nitrogens is 4. The number of hydrogen-bond acceptors (Lipinski definition) is 4. The zero-order chi connectivity index (χ0) is 25.8. The molecule has 0 bridgehead atoms. The van der Waals surface area contributed by atoms with Crippen molar-refractivity contribution in [3.05, 3.63) is 155 Å². The maximum absolute atomic E-state index is 4.44. The third-order valence-electron chi connectivity index (χ3n) is 5.77. The third-order valence-corrected chi connectivity index (χ3v) is 5.77. The fraction of sp³-hybridized carbons (Fsp3) is 0. The number of rotatable bonds is 8. The van der Waals surface area contributed by atoms with Gasteiger partial charge in [-0.05, 0) is 107 Å². The molecule has 0 fully saturated rings. The summed E-state index contributed by atoms with van der Waals surface area (Å²) < 4.78 is 0. The van der Waals surface area contributed by atoms with Crippen molar-refractivity contribution in [3.63, 3.8) is 0 Å². The fourth-order valence-corrected chi connectivity index (χ4v) is 3.84. The average Bonchev–Trinajstić information content (AvgIpc) is 2.99. The van der Waals surface area contributed by atoms with Crippen LogP contribution in [0.25, 0.3) is 48.6 Å². The van der Waals surface area contributed by atoms with Crippen LogP contribution in [0.15, 0.2) is 110 Å². The highest BCUT2D eigenvalue weighted by Gasteiger charge is 2.05. The quantitative estimate of drug-likeness (QED) is 0.221. The minimum absolute atomic E-state index is 0.900. The monoisotopic (exact) mass is 490 g/mol. The van der Waals surface area contributed by atoms with Gasteiger partial charge in [-0.2, -0.15) is 0 Å². The molecule has 1 aromatic carbocycles. The fourth-order valence-electron chi connectivity index (χ4n) is 3.84. The van der Waals surface area contributed by atoms with Crippen molar-refractivity contribution in [1.82, 2.24) is 19.9 Å². The summed E-state index contributed by atoms with van der Waals surface area (Å²) in [5, 5.41) is 0. The molecule has 0 N–H and O–H groups in total. The maximum atomic E-state index is 4.44. The van der Waals surface area contributed by atoms with E-state index in [4.69, 9.17) is 0 Å².